The van der Waals surface area contributed by atoms with Crippen LogP contribution in [0.3, 0.4) is 0 Å². The van der Waals surface area contributed by atoms with Crippen LogP contribution in [-0.2, 0) is 24.7 Å². The van der Waals surface area contributed by atoms with E-state index < -0.39 is 0 Å². The zero-order valence-electron chi connectivity index (χ0n) is 25.2. The van der Waals surface area contributed by atoms with Crippen LogP contribution in [0.5, 0.6) is 0 Å². The lowest BCUT2D eigenvalue weighted by molar-refractivity contribution is -0.139. The minimum atomic E-state index is -0.347. The predicted octanol–water partition coefficient (Wildman–Crippen LogP) is 5.79. The van der Waals surface area contributed by atoms with Crippen LogP contribution in [0, 0.1) is 6.92 Å². The monoisotopic (exact) mass is 630 g/mol. The summed E-state index contributed by atoms with van der Waals surface area (Å²) >= 11 is 8.44. The Labute approximate surface area is 265 Å². The van der Waals surface area contributed by atoms with Crippen molar-refractivity contribution in [3.63, 3.8) is 0 Å². The highest BCUT2D eigenvalue weighted by molar-refractivity contribution is 7.14. The first kappa shape index (κ1) is 30.1. The van der Waals surface area contributed by atoms with Crippen LogP contribution in [0.1, 0.15) is 50.1 Å². The van der Waals surface area contributed by atoms with Crippen LogP contribution in [-0.4, -0.2) is 58.4 Å². The lowest BCUT2D eigenvalue weighted by Gasteiger charge is -2.37. The number of fused-ring (bicyclic) bond motifs is 1. The third kappa shape index (κ3) is 5.89. The minimum absolute atomic E-state index is 0.0581. The Morgan fingerprint density at radius 2 is 1.77 bits per heavy atom. The summed E-state index contributed by atoms with van der Waals surface area (Å²) in [4.78, 5) is 49.5. The summed E-state index contributed by atoms with van der Waals surface area (Å²) in [5, 5.41) is 6.50. The van der Waals surface area contributed by atoms with Crippen molar-refractivity contribution in [2.24, 2.45) is 7.05 Å². The summed E-state index contributed by atoms with van der Waals surface area (Å²) in [6.45, 7) is 3.42. The smallest absolute Gasteiger partial charge is 0.293 e. The average molecular weight is 631 g/mol. The largest absolute Gasteiger partial charge is 0.343 e. The van der Waals surface area contributed by atoms with Crippen molar-refractivity contribution in [3.05, 3.63) is 90.5 Å². The number of halogens is 1. The molecule has 11 heteroatoms. The summed E-state index contributed by atoms with van der Waals surface area (Å²) in [5.41, 5.74) is 4.98. The summed E-state index contributed by atoms with van der Waals surface area (Å²) in [6, 6.07) is 12.9. The van der Waals surface area contributed by atoms with Gasteiger partial charge in [0.2, 0.25) is 5.91 Å². The molecule has 9 nitrogen and oxygen atoms in total. The molecule has 1 aliphatic carbocycles. The van der Waals surface area contributed by atoms with E-state index >= 15 is 0 Å². The van der Waals surface area contributed by atoms with Crippen molar-refractivity contribution < 1.29 is 9.59 Å². The highest BCUT2D eigenvalue weighted by atomic mass is 35.5. The number of piperazine rings is 1. The topological polar surface area (TPSA) is 99.6 Å². The number of carbonyl (C=O) groups is 2. The molecule has 44 heavy (non-hydrogen) atoms. The number of aryl methyl sites for hydroxylation is 4. The number of nitrogens with zero attached hydrogens (tertiary/aromatic N) is 4. The molecule has 3 heterocycles. The van der Waals surface area contributed by atoms with E-state index in [-0.39, 0.29) is 29.2 Å². The van der Waals surface area contributed by atoms with Crippen LogP contribution in [0.25, 0.3) is 11.3 Å². The minimum Gasteiger partial charge on any atom is -0.343 e. The molecular formula is C33H35ClN6O3S. The van der Waals surface area contributed by atoms with Crippen LogP contribution < -0.4 is 16.2 Å². The second kappa shape index (κ2) is 12.2. The van der Waals surface area contributed by atoms with Crippen molar-refractivity contribution >= 4 is 51.9 Å². The molecule has 1 saturated heterocycles. The van der Waals surface area contributed by atoms with Crippen LogP contribution in [0.15, 0.2) is 53.5 Å². The molecule has 4 aromatic rings. The van der Waals surface area contributed by atoms with E-state index in [1.165, 1.54) is 15.0 Å². The molecule has 1 atom stereocenters. The number of carbonyl (C=O) groups excluding carboxylic acids is 2. The van der Waals surface area contributed by atoms with E-state index in [1.54, 1.807) is 29.5 Å². The van der Waals surface area contributed by atoms with Gasteiger partial charge in [-0.1, -0.05) is 23.7 Å². The Hall–Kier alpha value is -3.99. The van der Waals surface area contributed by atoms with Gasteiger partial charge in [-0.2, -0.15) is 0 Å². The van der Waals surface area contributed by atoms with Crippen LogP contribution in [0.4, 0.5) is 17.2 Å². The molecule has 2 amide bonds. The van der Waals surface area contributed by atoms with Crippen molar-refractivity contribution in [2.45, 2.75) is 38.6 Å². The normalized spacial score (nSPS) is 17.0. The molecule has 1 fully saturated rings. The van der Waals surface area contributed by atoms with Gasteiger partial charge in [0.15, 0.2) is 5.82 Å². The summed E-state index contributed by atoms with van der Waals surface area (Å²) in [7, 11) is 5.43. The molecule has 2 aromatic carbocycles. The van der Waals surface area contributed by atoms with Crippen LogP contribution in [0.2, 0.25) is 5.02 Å². The highest BCUT2D eigenvalue weighted by Gasteiger charge is 2.32. The van der Waals surface area contributed by atoms with E-state index in [9.17, 15) is 14.4 Å². The molecule has 228 valence electrons. The Bertz CT molecular complexity index is 1790. The molecule has 2 N–H and O–H groups in total. The first-order chi connectivity index (χ1) is 21.1. The quantitative estimate of drug-likeness (QED) is 0.280. The zero-order chi connectivity index (χ0) is 31.1. The number of likely N-dealkylation sites (N-methyl/N-ethyl adjacent to an activating group) is 2. The molecular weight excluding hydrogens is 596 g/mol. The van der Waals surface area contributed by atoms with E-state index in [4.69, 9.17) is 11.6 Å². The van der Waals surface area contributed by atoms with Crippen molar-refractivity contribution in [1.82, 2.24) is 19.4 Å². The van der Waals surface area contributed by atoms with Gasteiger partial charge < -0.3 is 20.1 Å². The number of rotatable bonds is 6. The SMILES string of the molecule is Cc1cc(NC(=O)c2cc3c(s2)CCCC3)c(Cl)c(-c2cn(C)c(=O)c(Nc3ccc(C4C(=O)N(C)CCN4C)cc3)n2)c1. The molecule has 6 rings (SSSR count). The lowest BCUT2D eigenvalue weighted by atomic mass is 9.99. The van der Waals surface area contributed by atoms with Gasteiger partial charge >= 0.3 is 0 Å². The molecule has 0 spiro atoms. The maximum absolute atomic E-state index is 13.2. The van der Waals surface area contributed by atoms with E-state index in [0.29, 0.717) is 39.1 Å². The molecule has 1 aliphatic heterocycles. The number of hydrogen-bond donors (Lipinski definition) is 2. The highest BCUT2D eigenvalue weighted by Crippen LogP contribution is 2.36. The van der Waals surface area contributed by atoms with Crippen molar-refractivity contribution in [1.29, 1.82) is 0 Å². The van der Waals surface area contributed by atoms with Crippen LogP contribution >= 0.6 is 22.9 Å². The molecule has 0 saturated carbocycles. The Morgan fingerprint density at radius 1 is 1.02 bits per heavy atom. The third-order valence-electron chi connectivity index (χ3n) is 8.36. The average Bonchev–Trinajstić information content (AvgIpc) is 3.45. The third-order valence-corrected chi connectivity index (χ3v) is 10.0. The fraction of sp³-hybridized carbons (Fsp3) is 0.333. The fourth-order valence-corrected chi connectivity index (χ4v) is 7.28. The van der Waals surface area contributed by atoms with E-state index in [0.717, 1.165) is 43.4 Å². The Kier molecular flexibility index (Phi) is 8.32. The van der Waals surface area contributed by atoms with Gasteiger partial charge in [-0.15, -0.1) is 11.3 Å². The summed E-state index contributed by atoms with van der Waals surface area (Å²) in [6.07, 6.45) is 5.99. The van der Waals surface area contributed by atoms with Gasteiger partial charge in [0, 0.05) is 49.5 Å². The number of aromatic nitrogens is 2. The van der Waals surface area contributed by atoms with Gasteiger partial charge in [0.05, 0.1) is 21.3 Å². The molecule has 0 bridgehead atoms. The first-order valence-corrected chi connectivity index (χ1v) is 15.9. The number of hydrogen-bond acceptors (Lipinski definition) is 7. The number of nitrogens with one attached hydrogen (secondary N) is 2. The van der Waals surface area contributed by atoms with Crippen molar-refractivity contribution in [3.8, 4) is 11.3 Å². The number of anilines is 3. The number of benzene rings is 2. The summed E-state index contributed by atoms with van der Waals surface area (Å²) in [5.74, 6) is 0.00769. The van der Waals surface area contributed by atoms with Gasteiger partial charge in [-0.3, -0.25) is 19.3 Å². The maximum atomic E-state index is 13.2. The standard InChI is InChI=1S/C33H35ClN6O3S/c1-19-15-23(28(34)24(16-19)37-31(41)27-17-21-7-5-6-8-26(21)44-27)25-18-40(4)33(43)30(36-25)35-22-11-9-20(10-12-22)29-32(42)39(3)14-13-38(29)2/h9-12,15-18,29H,5-8,13-14H2,1-4H3,(H,35,36)(H,37,41). The first-order valence-electron chi connectivity index (χ1n) is 14.7. The fourth-order valence-electron chi connectivity index (χ4n) is 5.88. The van der Waals surface area contributed by atoms with E-state index in [1.807, 2.05) is 68.4 Å². The van der Waals surface area contributed by atoms with Gasteiger partial charge in [-0.05, 0) is 86.7 Å². The number of amides is 2. The zero-order valence-corrected chi connectivity index (χ0v) is 26.8. The predicted molar refractivity (Wildman–Crippen MR) is 176 cm³/mol. The second-order valence-corrected chi connectivity index (χ2v) is 13.2. The molecule has 0 radical (unpaired) electrons. The lowest BCUT2D eigenvalue weighted by Crippen LogP contribution is -2.48. The van der Waals surface area contributed by atoms with Gasteiger partial charge in [-0.25, -0.2) is 4.98 Å². The van der Waals surface area contributed by atoms with E-state index in [2.05, 4.69) is 15.6 Å². The second-order valence-electron chi connectivity index (χ2n) is 11.7. The molecule has 1 unspecified atom stereocenters. The Balaban J connectivity index is 1.26. The number of thiophene rings is 1. The summed E-state index contributed by atoms with van der Waals surface area (Å²) < 4.78 is 1.46. The van der Waals surface area contributed by atoms with Crippen molar-refractivity contribution in [2.75, 3.05) is 37.8 Å². The van der Waals surface area contributed by atoms with Gasteiger partial charge in [0.25, 0.3) is 11.5 Å². The molecule has 2 aromatic heterocycles. The maximum Gasteiger partial charge on any atom is 0.293 e. The van der Waals surface area contributed by atoms with Gasteiger partial charge in [0.1, 0.15) is 6.04 Å². The Morgan fingerprint density at radius 3 is 2.52 bits per heavy atom. The molecule has 2 aliphatic rings.